The number of carbonyl (C=O) groups excluding carboxylic acids is 2. The number of carbonyl (C=O) groups is 3. The van der Waals surface area contributed by atoms with Gasteiger partial charge in [0.15, 0.2) is 11.6 Å². The van der Waals surface area contributed by atoms with E-state index in [0.29, 0.717) is 0 Å². The van der Waals surface area contributed by atoms with Crippen LogP contribution in [0.25, 0.3) is 0 Å². The van der Waals surface area contributed by atoms with E-state index in [9.17, 15) is 19.5 Å². The molecule has 0 bridgehead atoms. The maximum Gasteiger partial charge on any atom is 0.335 e. The fourth-order valence-corrected chi connectivity index (χ4v) is 1.74. The van der Waals surface area contributed by atoms with E-state index in [4.69, 9.17) is 5.11 Å². The van der Waals surface area contributed by atoms with Crippen molar-refractivity contribution in [3.63, 3.8) is 0 Å². The first-order valence-corrected chi connectivity index (χ1v) is 4.79. The predicted molar refractivity (Wildman–Crippen MR) is 57.5 cm³/mol. The van der Waals surface area contributed by atoms with E-state index in [1.165, 1.54) is 6.92 Å². The molecule has 0 saturated carbocycles. The van der Waals surface area contributed by atoms with Crippen LogP contribution in [0, 0.1) is 0 Å². The number of Topliss-reactive ketones (excluding diaryl/α,β-unsaturated/α-hetero) is 1. The van der Waals surface area contributed by atoms with Crippen LogP contribution < -0.4 is 0 Å². The molecular formula is C12H8O5. The third-order valence-electron chi connectivity index (χ3n) is 2.56. The van der Waals surface area contributed by atoms with Crippen LogP contribution in [-0.2, 0) is 0 Å². The molecule has 5 heteroatoms. The van der Waals surface area contributed by atoms with Crippen LogP contribution >= 0.6 is 0 Å². The number of aromatic hydroxyl groups is 1. The molecular weight excluding hydrogens is 224 g/mol. The quantitative estimate of drug-likeness (QED) is 0.763. The lowest BCUT2D eigenvalue weighted by molar-refractivity contribution is 0.0696. The molecule has 0 fully saturated rings. The zero-order valence-electron chi connectivity index (χ0n) is 8.85. The highest BCUT2D eigenvalue weighted by Crippen LogP contribution is 2.30. The monoisotopic (exact) mass is 232 g/mol. The van der Waals surface area contributed by atoms with Gasteiger partial charge in [-0.05, 0) is 25.1 Å². The highest BCUT2D eigenvalue weighted by molar-refractivity contribution is 6.25. The number of carboxylic acid groups (broad SMARTS) is 1. The molecule has 0 unspecified atom stereocenters. The van der Waals surface area contributed by atoms with Crippen LogP contribution in [0.2, 0.25) is 0 Å². The summed E-state index contributed by atoms with van der Waals surface area (Å²) in [5, 5.41) is 18.4. The molecule has 1 aliphatic rings. The van der Waals surface area contributed by atoms with E-state index < -0.39 is 23.3 Å². The number of benzene rings is 1. The van der Waals surface area contributed by atoms with Gasteiger partial charge in [-0.15, -0.1) is 0 Å². The minimum atomic E-state index is -1.27. The van der Waals surface area contributed by atoms with Gasteiger partial charge in [0, 0.05) is 11.1 Å². The number of ketones is 2. The second kappa shape index (κ2) is 3.55. The zero-order chi connectivity index (χ0) is 12.7. The fraction of sp³-hybridized carbons (Fsp3) is 0.0833. The number of phenolic OH excluding ortho intramolecular Hbond substituents is 1. The molecule has 5 nitrogen and oxygen atoms in total. The number of hydrogen-bond donors (Lipinski definition) is 2. The Morgan fingerprint density at radius 2 is 1.88 bits per heavy atom. The van der Waals surface area contributed by atoms with E-state index in [0.717, 1.165) is 18.2 Å². The summed E-state index contributed by atoms with van der Waals surface area (Å²) in [6.45, 7) is 1.47. The first kappa shape index (κ1) is 11.1. The van der Waals surface area contributed by atoms with Gasteiger partial charge in [0.05, 0.1) is 11.1 Å². The molecule has 0 atom stereocenters. The lowest BCUT2D eigenvalue weighted by atomic mass is 9.88. The summed E-state index contributed by atoms with van der Waals surface area (Å²) < 4.78 is 0. The summed E-state index contributed by atoms with van der Waals surface area (Å²) in [4.78, 5) is 34.2. The van der Waals surface area contributed by atoms with Crippen molar-refractivity contribution in [1.29, 1.82) is 0 Å². The molecule has 86 valence electrons. The minimum Gasteiger partial charge on any atom is -0.507 e. The Hall–Kier alpha value is -2.43. The number of rotatable bonds is 1. The maximum absolute atomic E-state index is 11.8. The Bertz CT molecular complexity index is 595. The molecule has 2 N–H and O–H groups in total. The van der Waals surface area contributed by atoms with Crippen molar-refractivity contribution in [2.45, 2.75) is 6.92 Å². The number of fused-ring (bicyclic) bond motifs is 1. The van der Waals surface area contributed by atoms with Crippen LogP contribution in [0.1, 0.15) is 38.0 Å². The van der Waals surface area contributed by atoms with Crippen LogP contribution in [0.5, 0.6) is 5.75 Å². The Labute approximate surface area is 96.0 Å². The van der Waals surface area contributed by atoms with Gasteiger partial charge in [-0.1, -0.05) is 0 Å². The van der Waals surface area contributed by atoms with Crippen molar-refractivity contribution in [3.05, 3.63) is 40.5 Å². The number of carboxylic acids is 1. The molecule has 0 amide bonds. The average Bonchev–Trinajstić information content (AvgIpc) is 2.24. The van der Waals surface area contributed by atoms with Gasteiger partial charge < -0.3 is 10.2 Å². The van der Waals surface area contributed by atoms with Crippen molar-refractivity contribution in [2.24, 2.45) is 0 Å². The van der Waals surface area contributed by atoms with Gasteiger partial charge in [0.1, 0.15) is 5.75 Å². The smallest absolute Gasteiger partial charge is 0.335 e. The Morgan fingerprint density at radius 3 is 2.47 bits per heavy atom. The van der Waals surface area contributed by atoms with Gasteiger partial charge in [0.2, 0.25) is 0 Å². The lowest BCUT2D eigenvalue weighted by Gasteiger charge is -2.14. The molecule has 0 aromatic heterocycles. The topological polar surface area (TPSA) is 91.7 Å². The third-order valence-corrected chi connectivity index (χ3v) is 2.56. The number of hydrogen-bond acceptors (Lipinski definition) is 4. The fourth-order valence-electron chi connectivity index (χ4n) is 1.74. The normalized spacial score (nSPS) is 14.3. The summed E-state index contributed by atoms with van der Waals surface area (Å²) >= 11 is 0. The van der Waals surface area contributed by atoms with Crippen molar-refractivity contribution in [1.82, 2.24) is 0 Å². The van der Waals surface area contributed by atoms with E-state index in [1.807, 2.05) is 0 Å². The third kappa shape index (κ3) is 1.61. The van der Waals surface area contributed by atoms with E-state index >= 15 is 0 Å². The molecule has 0 heterocycles. The van der Waals surface area contributed by atoms with Gasteiger partial charge in [-0.2, -0.15) is 0 Å². The highest BCUT2D eigenvalue weighted by atomic mass is 16.4. The summed E-state index contributed by atoms with van der Waals surface area (Å²) in [6, 6.07) is 2.06. The molecule has 2 rings (SSSR count). The van der Waals surface area contributed by atoms with Gasteiger partial charge in [-0.25, -0.2) is 4.79 Å². The summed E-state index contributed by atoms with van der Waals surface area (Å²) in [6.07, 6.45) is 1.13. The van der Waals surface area contributed by atoms with Crippen molar-refractivity contribution in [2.75, 3.05) is 0 Å². The highest BCUT2D eigenvalue weighted by Gasteiger charge is 2.27. The average molecular weight is 232 g/mol. The molecule has 1 aromatic rings. The molecule has 0 aliphatic heterocycles. The largest absolute Gasteiger partial charge is 0.507 e. The van der Waals surface area contributed by atoms with E-state index in [-0.39, 0.29) is 22.3 Å². The Kier molecular flexibility index (Phi) is 2.31. The molecule has 1 aromatic carbocycles. The summed E-state index contributed by atoms with van der Waals surface area (Å²) in [5.74, 6) is -2.69. The van der Waals surface area contributed by atoms with E-state index in [1.54, 1.807) is 0 Å². The number of phenols is 1. The first-order valence-electron chi connectivity index (χ1n) is 4.79. The standard InChI is InChI=1S/C12H8O5/c1-5-2-8(13)10-7(11(5)15)3-6(12(16)17)4-9(10)14/h2-4,14H,1H3,(H,16,17). The molecule has 0 radical (unpaired) electrons. The Morgan fingerprint density at radius 1 is 1.24 bits per heavy atom. The maximum atomic E-state index is 11.8. The Balaban J connectivity index is 2.75. The van der Waals surface area contributed by atoms with Crippen LogP contribution in [0.3, 0.4) is 0 Å². The van der Waals surface area contributed by atoms with Crippen molar-refractivity contribution < 1.29 is 24.6 Å². The van der Waals surface area contributed by atoms with Crippen LogP contribution in [0.15, 0.2) is 23.8 Å². The SMILES string of the molecule is CC1=CC(=O)c2c(O)cc(C(=O)O)cc2C1=O. The minimum absolute atomic E-state index is 0.0626. The predicted octanol–water partition coefficient (Wildman–Crippen LogP) is 1.42. The first-order chi connectivity index (χ1) is 7.91. The molecule has 17 heavy (non-hydrogen) atoms. The molecule has 1 aliphatic carbocycles. The molecule has 0 saturated heterocycles. The summed E-state index contributed by atoms with van der Waals surface area (Å²) in [7, 11) is 0. The number of aromatic carboxylic acids is 1. The lowest BCUT2D eigenvalue weighted by Crippen LogP contribution is -2.17. The van der Waals surface area contributed by atoms with Gasteiger partial charge in [0.25, 0.3) is 0 Å². The summed E-state index contributed by atoms with van der Waals surface area (Å²) in [5.41, 5.74) is -0.195. The zero-order valence-corrected chi connectivity index (χ0v) is 8.85. The van der Waals surface area contributed by atoms with Gasteiger partial charge >= 0.3 is 5.97 Å². The van der Waals surface area contributed by atoms with Gasteiger partial charge in [-0.3, -0.25) is 9.59 Å². The van der Waals surface area contributed by atoms with Crippen molar-refractivity contribution in [3.8, 4) is 5.75 Å². The van der Waals surface area contributed by atoms with Crippen LogP contribution in [0.4, 0.5) is 0 Å². The second-order valence-electron chi connectivity index (χ2n) is 3.74. The van der Waals surface area contributed by atoms with E-state index in [2.05, 4.69) is 0 Å². The van der Waals surface area contributed by atoms with Crippen molar-refractivity contribution >= 4 is 17.5 Å². The van der Waals surface area contributed by atoms with Crippen LogP contribution in [-0.4, -0.2) is 27.7 Å². The molecule has 0 spiro atoms. The number of allylic oxidation sites excluding steroid dienone is 2. The second-order valence-corrected chi connectivity index (χ2v) is 3.74.